The zero-order valence-corrected chi connectivity index (χ0v) is 17.3. The molecule has 5 nitrogen and oxygen atoms in total. The molecular weight excluding hydrogens is 368 g/mol. The zero-order chi connectivity index (χ0) is 19.3. The van der Waals surface area contributed by atoms with E-state index < -0.39 is 0 Å². The second kappa shape index (κ2) is 8.95. The van der Waals surface area contributed by atoms with Crippen LogP contribution in [0.15, 0.2) is 35.2 Å². The molecule has 6 heteroatoms. The Morgan fingerprint density at radius 1 is 1.18 bits per heavy atom. The van der Waals surface area contributed by atoms with Gasteiger partial charge in [0.15, 0.2) is 5.82 Å². The molecule has 2 aromatic rings. The molecule has 0 saturated carbocycles. The van der Waals surface area contributed by atoms with E-state index in [1.54, 1.807) is 11.8 Å². The summed E-state index contributed by atoms with van der Waals surface area (Å²) < 4.78 is 0. The van der Waals surface area contributed by atoms with Crippen molar-refractivity contribution in [2.24, 2.45) is 0 Å². The van der Waals surface area contributed by atoms with Crippen molar-refractivity contribution in [3.63, 3.8) is 0 Å². The van der Waals surface area contributed by atoms with E-state index in [1.807, 2.05) is 24.3 Å². The maximum absolute atomic E-state index is 12.8. The van der Waals surface area contributed by atoms with Gasteiger partial charge in [-0.3, -0.25) is 4.79 Å². The standard InChI is InChI=1S/C22H28N4OS/c1-2-28-20-10-6-4-8-18(20)22(27)23-17-11-13-26(14-12-17)21-15-16-7-3-5-9-19(16)24-25-21/h4,6,8,10,15,17H,2-3,5,7,9,11-14H2,1H3,(H,23,27). The number of carbonyl (C=O) groups is 1. The molecule has 4 rings (SSSR count). The third-order valence-electron chi connectivity index (χ3n) is 5.64. The van der Waals surface area contributed by atoms with E-state index in [2.05, 4.69) is 33.4 Å². The van der Waals surface area contributed by atoms with Gasteiger partial charge in [0.05, 0.1) is 11.3 Å². The molecular formula is C22H28N4OS. The number of benzene rings is 1. The summed E-state index contributed by atoms with van der Waals surface area (Å²) in [6.07, 6.45) is 6.55. The van der Waals surface area contributed by atoms with Crippen LogP contribution in [0.4, 0.5) is 5.82 Å². The number of rotatable bonds is 5. The summed E-state index contributed by atoms with van der Waals surface area (Å²) in [5.74, 6) is 2.00. The second-order valence-corrected chi connectivity index (χ2v) is 8.85. The highest BCUT2D eigenvalue weighted by Crippen LogP contribution is 2.25. The number of aryl methyl sites for hydroxylation is 2. The fourth-order valence-electron chi connectivity index (χ4n) is 4.08. The van der Waals surface area contributed by atoms with Gasteiger partial charge in [0.2, 0.25) is 0 Å². The minimum absolute atomic E-state index is 0.0450. The van der Waals surface area contributed by atoms with Gasteiger partial charge in [-0.25, -0.2) is 0 Å². The van der Waals surface area contributed by atoms with Gasteiger partial charge in [-0.1, -0.05) is 19.1 Å². The molecule has 1 amide bonds. The van der Waals surface area contributed by atoms with Gasteiger partial charge < -0.3 is 10.2 Å². The normalized spacial score (nSPS) is 17.2. The number of piperidine rings is 1. The number of thioether (sulfide) groups is 1. The van der Waals surface area contributed by atoms with Crippen molar-refractivity contribution >= 4 is 23.5 Å². The molecule has 1 N–H and O–H groups in total. The van der Waals surface area contributed by atoms with E-state index in [0.29, 0.717) is 0 Å². The predicted molar refractivity (Wildman–Crippen MR) is 114 cm³/mol. The Kier molecular flexibility index (Phi) is 6.15. The fourth-order valence-corrected chi connectivity index (χ4v) is 4.89. The van der Waals surface area contributed by atoms with Crippen LogP contribution in [0.25, 0.3) is 0 Å². The number of nitrogens with one attached hydrogen (secondary N) is 1. The van der Waals surface area contributed by atoms with Crippen molar-refractivity contribution in [3.8, 4) is 0 Å². The summed E-state index contributed by atoms with van der Waals surface area (Å²) in [5.41, 5.74) is 3.34. The highest BCUT2D eigenvalue weighted by molar-refractivity contribution is 7.99. The van der Waals surface area contributed by atoms with Gasteiger partial charge in [-0.15, -0.1) is 16.9 Å². The summed E-state index contributed by atoms with van der Waals surface area (Å²) in [6.45, 7) is 3.92. The minimum atomic E-state index is 0.0450. The van der Waals surface area contributed by atoms with E-state index in [4.69, 9.17) is 0 Å². The molecule has 28 heavy (non-hydrogen) atoms. The van der Waals surface area contributed by atoms with E-state index in [9.17, 15) is 4.79 Å². The predicted octanol–water partition coefficient (Wildman–Crippen LogP) is 3.87. The van der Waals surface area contributed by atoms with Crippen LogP contribution in [0.5, 0.6) is 0 Å². The van der Waals surface area contributed by atoms with Gasteiger partial charge in [0, 0.05) is 24.0 Å². The van der Waals surface area contributed by atoms with E-state index in [-0.39, 0.29) is 11.9 Å². The maximum Gasteiger partial charge on any atom is 0.252 e. The summed E-state index contributed by atoms with van der Waals surface area (Å²) in [4.78, 5) is 16.1. The van der Waals surface area contributed by atoms with Crippen molar-refractivity contribution in [1.29, 1.82) is 0 Å². The summed E-state index contributed by atoms with van der Waals surface area (Å²) >= 11 is 1.72. The topological polar surface area (TPSA) is 58.1 Å². The Hall–Kier alpha value is -2.08. The molecule has 148 valence electrons. The quantitative estimate of drug-likeness (QED) is 0.778. The summed E-state index contributed by atoms with van der Waals surface area (Å²) in [7, 11) is 0. The van der Waals surface area contributed by atoms with Gasteiger partial charge >= 0.3 is 0 Å². The lowest BCUT2D eigenvalue weighted by atomic mass is 9.96. The molecule has 2 aliphatic rings. The number of hydrogen-bond acceptors (Lipinski definition) is 5. The van der Waals surface area contributed by atoms with Crippen molar-refractivity contribution in [2.45, 2.75) is 56.4 Å². The Morgan fingerprint density at radius 3 is 2.79 bits per heavy atom. The van der Waals surface area contributed by atoms with Crippen LogP contribution in [0, 0.1) is 0 Å². The largest absolute Gasteiger partial charge is 0.355 e. The lowest BCUT2D eigenvalue weighted by molar-refractivity contribution is 0.0928. The molecule has 0 atom stereocenters. The van der Waals surface area contributed by atoms with Crippen LogP contribution in [0.2, 0.25) is 0 Å². The minimum Gasteiger partial charge on any atom is -0.355 e. The average molecular weight is 397 g/mol. The molecule has 0 bridgehead atoms. The smallest absolute Gasteiger partial charge is 0.252 e. The van der Waals surface area contributed by atoms with Crippen molar-refractivity contribution in [3.05, 3.63) is 47.2 Å². The van der Waals surface area contributed by atoms with Crippen molar-refractivity contribution in [1.82, 2.24) is 15.5 Å². The highest BCUT2D eigenvalue weighted by Gasteiger charge is 2.24. The van der Waals surface area contributed by atoms with Gasteiger partial charge in [0.25, 0.3) is 5.91 Å². The van der Waals surface area contributed by atoms with Gasteiger partial charge in [0.1, 0.15) is 0 Å². The number of fused-ring (bicyclic) bond motifs is 1. The lowest BCUT2D eigenvalue weighted by Gasteiger charge is -2.33. The van der Waals surface area contributed by atoms with Crippen molar-refractivity contribution < 1.29 is 4.79 Å². The highest BCUT2D eigenvalue weighted by atomic mass is 32.2. The first kappa shape index (κ1) is 19.2. The molecule has 1 aromatic heterocycles. The Morgan fingerprint density at radius 2 is 1.96 bits per heavy atom. The lowest BCUT2D eigenvalue weighted by Crippen LogP contribution is -2.45. The molecule has 1 saturated heterocycles. The maximum atomic E-state index is 12.8. The second-order valence-electron chi connectivity index (χ2n) is 7.55. The van der Waals surface area contributed by atoms with Crippen LogP contribution in [-0.2, 0) is 12.8 Å². The van der Waals surface area contributed by atoms with Crippen molar-refractivity contribution in [2.75, 3.05) is 23.7 Å². The molecule has 0 spiro atoms. The van der Waals surface area contributed by atoms with Crippen LogP contribution < -0.4 is 10.2 Å². The van der Waals surface area contributed by atoms with Crippen LogP contribution in [0.3, 0.4) is 0 Å². The van der Waals surface area contributed by atoms with Gasteiger partial charge in [-0.05, 0) is 68.0 Å². The number of aromatic nitrogens is 2. The number of hydrogen-bond donors (Lipinski definition) is 1. The Balaban J connectivity index is 1.35. The monoisotopic (exact) mass is 396 g/mol. The number of amides is 1. The SMILES string of the molecule is CCSc1ccccc1C(=O)NC1CCN(c2cc3c(nn2)CCCC3)CC1. The van der Waals surface area contributed by atoms with Crippen LogP contribution in [-0.4, -0.2) is 41.0 Å². The third kappa shape index (κ3) is 4.32. The first-order valence-corrected chi connectivity index (χ1v) is 11.4. The summed E-state index contributed by atoms with van der Waals surface area (Å²) in [5, 5.41) is 12.2. The first-order chi connectivity index (χ1) is 13.7. The Labute approximate surface area is 171 Å². The van der Waals surface area contributed by atoms with Gasteiger partial charge in [-0.2, -0.15) is 5.10 Å². The molecule has 1 fully saturated rings. The molecule has 1 aliphatic carbocycles. The van der Waals surface area contributed by atoms with E-state index in [1.165, 1.54) is 24.1 Å². The molecule has 0 radical (unpaired) electrons. The van der Waals surface area contributed by atoms with E-state index in [0.717, 1.165) is 60.8 Å². The number of nitrogens with zero attached hydrogens (tertiary/aromatic N) is 3. The first-order valence-electron chi connectivity index (χ1n) is 10.4. The molecule has 2 heterocycles. The fraction of sp³-hybridized carbons (Fsp3) is 0.500. The molecule has 1 aromatic carbocycles. The average Bonchev–Trinajstić information content (AvgIpc) is 2.74. The third-order valence-corrected chi connectivity index (χ3v) is 6.60. The molecule has 0 unspecified atom stereocenters. The molecule has 1 aliphatic heterocycles. The summed E-state index contributed by atoms with van der Waals surface area (Å²) in [6, 6.07) is 10.3. The number of anilines is 1. The Bertz CT molecular complexity index is 833. The van der Waals surface area contributed by atoms with Crippen LogP contribution >= 0.6 is 11.8 Å². The number of carbonyl (C=O) groups excluding carboxylic acids is 1. The van der Waals surface area contributed by atoms with E-state index >= 15 is 0 Å². The van der Waals surface area contributed by atoms with Crippen LogP contribution in [0.1, 0.15) is 54.2 Å². The zero-order valence-electron chi connectivity index (χ0n) is 16.5.